The Kier molecular flexibility index (Phi) is 5.40. The molecule has 2 aromatic heterocycles. The summed E-state index contributed by atoms with van der Waals surface area (Å²) in [6, 6.07) is 20.3. The number of pyridine rings is 1. The van der Waals surface area contributed by atoms with Gasteiger partial charge in [-0.05, 0) is 78.9 Å². The largest absolute Gasteiger partial charge is 0.508 e. The molecule has 1 aliphatic heterocycles. The Bertz CT molecular complexity index is 1280. The number of halogens is 2. The van der Waals surface area contributed by atoms with Gasteiger partial charge in [-0.1, -0.05) is 22.0 Å². The number of hydrogen-bond acceptors (Lipinski definition) is 4. The second kappa shape index (κ2) is 8.37. The van der Waals surface area contributed by atoms with E-state index in [2.05, 4.69) is 26.2 Å². The summed E-state index contributed by atoms with van der Waals surface area (Å²) in [5, 5.41) is 13.6. The Morgan fingerprint density at radius 2 is 1.88 bits per heavy atom. The van der Waals surface area contributed by atoms with Crippen molar-refractivity contribution in [3.63, 3.8) is 0 Å². The van der Waals surface area contributed by atoms with Gasteiger partial charge in [-0.25, -0.2) is 4.39 Å². The van der Waals surface area contributed by atoms with Crippen LogP contribution in [0.5, 0.6) is 5.75 Å². The summed E-state index contributed by atoms with van der Waals surface area (Å²) in [6.45, 7) is 0. The maximum Gasteiger partial charge on any atom is 0.174 e. The molecule has 0 unspecified atom stereocenters. The Morgan fingerprint density at radius 1 is 1.06 bits per heavy atom. The van der Waals surface area contributed by atoms with Gasteiger partial charge in [0.15, 0.2) is 5.11 Å². The monoisotopic (exact) mass is 509 g/mol. The average Bonchev–Trinajstić information content (AvgIpc) is 3.39. The predicted molar refractivity (Wildman–Crippen MR) is 128 cm³/mol. The molecule has 2 aromatic carbocycles. The third kappa shape index (κ3) is 3.76. The minimum atomic E-state index is -0.378. The summed E-state index contributed by atoms with van der Waals surface area (Å²) in [5.74, 6) is 0.819. The highest BCUT2D eigenvalue weighted by Gasteiger charge is 2.42. The lowest BCUT2D eigenvalue weighted by Gasteiger charge is -2.26. The fourth-order valence-electron chi connectivity index (χ4n) is 3.88. The zero-order valence-electron chi connectivity index (χ0n) is 16.6. The second-order valence-electron chi connectivity index (χ2n) is 7.34. The number of rotatable bonds is 4. The number of aromatic nitrogens is 1. The van der Waals surface area contributed by atoms with Crippen LogP contribution in [0.2, 0.25) is 0 Å². The number of phenols is 1. The molecule has 1 fully saturated rings. The zero-order chi connectivity index (χ0) is 22.2. The van der Waals surface area contributed by atoms with E-state index >= 15 is 0 Å². The molecule has 1 saturated heterocycles. The van der Waals surface area contributed by atoms with Crippen LogP contribution >= 0.6 is 28.1 Å². The van der Waals surface area contributed by atoms with E-state index < -0.39 is 0 Å². The van der Waals surface area contributed by atoms with Crippen molar-refractivity contribution in [3.8, 4) is 17.1 Å². The molecule has 0 radical (unpaired) electrons. The molecular weight excluding hydrogens is 493 g/mol. The van der Waals surface area contributed by atoms with E-state index in [9.17, 15) is 9.50 Å². The highest BCUT2D eigenvalue weighted by molar-refractivity contribution is 9.10. The molecule has 2 atom stereocenters. The van der Waals surface area contributed by atoms with E-state index in [4.69, 9.17) is 16.6 Å². The zero-order valence-corrected chi connectivity index (χ0v) is 19.0. The van der Waals surface area contributed by atoms with Crippen LogP contribution in [-0.2, 0) is 0 Å². The molecule has 5 rings (SSSR count). The normalized spacial score (nSPS) is 18.1. The Labute approximate surface area is 197 Å². The second-order valence-corrected chi connectivity index (χ2v) is 8.64. The van der Waals surface area contributed by atoms with Crippen molar-refractivity contribution in [2.45, 2.75) is 12.1 Å². The minimum Gasteiger partial charge on any atom is -0.508 e. The first kappa shape index (κ1) is 20.7. The number of phenolic OH excluding ortho intramolecular Hbond substituents is 1. The summed E-state index contributed by atoms with van der Waals surface area (Å²) in [5.41, 5.74) is 1.96. The third-order valence-corrected chi connectivity index (χ3v) is 6.15. The molecule has 0 amide bonds. The van der Waals surface area contributed by atoms with Gasteiger partial charge in [0.1, 0.15) is 29.1 Å². The van der Waals surface area contributed by atoms with E-state index in [1.807, 2.05) is 29.2 Å². The summed E-state index contributed by atoms with van der Waals surface area (Å²) in [6.07, 6.45) is 1.73. The fourth-order valence-corrected chi connectivity index (χ4v) is 4.56. The molecule has 0 spiro atoms. The lowest BCUT2D eigenvalue weighted by Crippen LogP contribution is -2.29. The summed E-state index contributed by atoms with van der Waals surface area (Å²) < 4.78 is 21.4. The highest BCUT2D eigenvalue weighted by atomic mass is 79.9. The lowest BCUT2D eigenvalue weighted by atomic mass is 10.0. The van der Waals surface area contributed by atoms with Crippen LogP contribution in [0.4, 0.5) is 10.1 Å². The van der Waals surface area contributed by atoms with Gasteiger partial charge in [0.25, 0.3) is 0 Å². The number of aromatic hydroxyl groups is 1. The van der Waals surface area contributed by atoms with Gasteiger partial charge in [0, 0.05) is 16.4 Å². The third-order valence-electron chi connectivity index (χ3n) is 5.34. The molecular formula is C24H17BrFN3O2S. The number of furan rings is 1. The molecule has 0 saturated carbocycles. The van der Waals surface area contributed by atoms with Gasteiger partial charge < -0.3 is 19.7 Å². The van der Waals surface area contributed by atoms with Crippen LogP contribution in [0.15, 0.2) is 87.9 Å². The van der Waals surface area contributed by atoms with Crippen molar-refractivity contribution in [1.29, 1.82) is 0 Å². The van der Waals surface area contributed by atoms with Gasteiger partial charge in [-0.3, -0.25) is 4.98 Å². The van der Waals surface area contributed by atoms with Crippen molar-refractivity contribution in [2.75, 3.05) is 4.90 Å². The molecule has 2 N–H and O–H groups in total. The van der Waals surface area contributed by atoms with E-state index in [1.165, 1.54) is 6.07 Å². The van der Waals surface area contributed by atoms with Crippen LogP contribution in [0.1, 0.15) is 23.5 Å². The molecule has 4 aromatic rings. The van der Waals surface area contributed by atoms with Crippen molar-refractivity contribution in [1.82, 2.24) is 10.3 Å². The minimum absolute atomic E-state index is 0.163. The number of nitrogens with zero attached hydrogens (tertiary/aromatic N) is 2. The van der Waals surface area contributed by atoms with E-state index in [-0.39, 0.29) is 23.7 Å². The number of benzene rings is 2. The van der Waals surface area contributed by atoms with Gasteiger partial charge in [-0.2, -0.15) is 0 Å². The van der Waals surface area contributed by atoms with Gasteiger partial charge in [0.05, 0.1) is 17.3 Å². The topological polar surface area (TPSA) is 61.5 Å². The lowest BCUT2D eigenvalue weighted by molar-refractivity contribution is 0.438. The maximum atomic E-state index is 14.5. The molecule has 5 nitrogen and oxygen atoms in total. The molecule has 32 heavy (non-hydrogen) atoms. The molecule has 3 heterocycles. The van der Waals surface area contributed by atoms with Crippen molar-refractivity contribution < 1.29 is 13.9 Å². The first-order chi connectivity index (χ1) is 15.5. The predicted octanol–water partition coefficient (Wildman–Crippen LogP) is 6.13. The van der Waals surface area contributed by atoms with Gasteiger partial charge in [0.2, 0.25) is 0 Å². The first-order valence-corrected chi connectivity index (χ1v) is 11.1. The summed E-state index contributed by atoms with van der Waals surface area (Å²) in [7, 11) is 0. The Morgan fingerprint density at radius 3 is 2.59 bits per heavy atom. The van der Waals surface area contributed by atoms with Crippen molar-refractivity contribution >= 4 is 38.9 Å². The smallest absolute Gasteiger partial charge is 0.174 e. The van der Waals surface area contributed by atoms with Crippen molar-refractivity contribution in [3.05, 3.63) is 101 Å². The Hall–Kier alpha value is -3.23. The van der Waals surface area contributed by atoms with E-state index in [1.54, 1.807) is 48.7 Å². The van der Waals surface area contributed by atoms with E-state index in [0.717, 1.165) is 11.4 Å². The van der Waals surface area contributed by atoms with Crippen LogP contribution in [0.3, 0.4) is 0 Å². The molecule has 8 heteroatoms. The quantitative estimate of drug-likeness (QED) is 0.323. The van der Waals surface area contributed by atoms with Crippen LogP contribution in [0.25, 0.3) is 11.3 Å². The number of hydrogen-bond donors (Lipinski definition) is 2. The molecule has 0 aliphatic carbocycles. The van der Waals surface area contributed by atoms with Crippen molar-refractivity contribution in [2.24, 2.45) is 0 Å². The standard InChI is InChI=1S/C24H17BrFN3O2S/c25-14-4-9-17(18(26)13-14)20-10-11-21(31-20)23-22(19-3-1-2-12-27-19)28-24(32)29(23)15-5-7-16(30)8-6-15/h1-13,22-23,30H,(H,28,32)/t22-,23-/m1/s1. The van der Waals surface area contributed by atoms with Crippen LogP contribution in [-0.4, -0.2) is 15.2 Å². The first-order valence-electron chi connectivity index (χ1n) is 9.86. The Balaban J connectivity index is 1.60. The van der Waals surface area contributed by atoms with Crippen LogP contribution in [0, 0.1) is 5.82 Å². The SMILES string of the molecule is Oc1ccc(N2C(=S)N[C@H](c3ccccn3)[C@H]2c2ccc(-c3ccc(Br)cc3F)o2)cc1. The van der Waals surface area contributed by atoms with Crippen LogP contribution < -0.4 is 10.2 Å². The number of nitrogens with one attached hydrogen (secondary N) is 1. The fraction of sp³-hybridized carbons (Fsp3) is 0.0833. The summed E-state index contributed by atoms with van der Waals surface area (Å²) >= 11 is 8.94. The highest BCUT2D eigenvalue weighted by Crippen LogP contribution is 2.43. The van der Waals surface area contributed by atoms with Gasteiger partial charge >= 0.3 is 0 Å². The summed E-state index contributed by atoms with van der Waals surface area (Å²) in [4.78, 5) is 6.43. The number of thiocarbonyl (C=S) groups is 1. The van der Waals surface area contributed by atoms with E-state index in [0.29, 0.717) is 26.7 Å². The molecule has 0 bridgehead atoms. The maximum absolute atomic E-state index is 14.5. The van der Waals surface area contributed by atoms with Gasteiger partial charge in [-0.15, -0.1) is 0 Å². The molecule has 1 aliphatic rings. The average molecular weight is 510 g/mol. The molecule has 160 valence electrons. The number of anilines is 1.